The number of thiazole rings is 1. The number of halogens is 3. The number of nitrogens with one attached hydrogen (secondary N) is 1. The normalized spacial score (nSPS) is 13.9. The van der Waals surface area contributed by atoms with Crippen LogP contribution in [0, 0.1) is 0 Å². The Hall–Kier alpha value is -1.97. The minimum atomic E-state index is -2.47. The van der Waals surface area contributed by atoms with E-state index in [1.54, 1.807) is 22.7 Å². The molecule has 9 heteroatoms. The molecule has 3 heterocycles. The van der Waals surface area contributed by atoms with Crippen LogP contribution in [-0.4, -0.2) is 42.0 Å². The largest absolute Gasteiger partial charge is 0.317 e. The van der Waals surface area contributed by atoms with E-state index in [9.17, 15) is 18.0 Å². The van der Waals surface area contributed by atoms with E-state index >= 15 is 0 Å². The van der Waals surface area contributed by atoms with Gasteiger partial charge >= 0.3 is 0 Å². The van der Waals surface area contributed by atoms with Crippen LogP contribution in [0.15, 0.2) is 24.3 Å². The number of anilines is 1. The predicted octanol–water partition coefficient (Wildman–Crippen LogP) is 6.36. The van der Waals surface area contributed by atoms with E-state index in [1.807, 2.05) is 24.3 Å². The highest BCUT2D eigenvalue weighted by Gasteiger charge is 2.28. The van der Waals surface area contributed by atoms with Crippen LogP contribution in [0.25, 0.3) is 20.8 Å². The van der Waals surface area contributed by atoms with Crippen molar-refractivity contribution in [3.8, 4) is 10.6 Å². The molecule has 0 saturated carbocycles. The van der Waals surface area contributed by atoms with Gasteiger partial charge in [-0.15, -0.1) is 22.7 Å². The molecule has 1 amide bonds. The van der Waals surface area contributed by atoms with Crippen molar-refractivity contribution in [1.29, 1.82) is 0 Å². The molecule has 1 aliphatic heterocycles. The molecule has 0 spiro atoms. The first-order valence-corrected chi connectivity index (χ1v) is 11.8. The molecule has 0 aliphatic carbocycles. The lowest BCUT2D eigenvalue weighted by Gasteiger charge is -2.30. The van der Waals surface area contributed by atoms with Gasteiger partial charge in [0.2, 0.25) is 12.3 Å². The molecule has 4 rings (SSSR count). The molecular formula is C22H26F3N3OS2. The number of hydrogen-bond acceptors (Lipinski definition) is 5. The second-order valence-corrected chi connectivity index (χ2v) is 9.62. The van der Waals surface area contributed by atoms with E-state index in [0.717, 1.165) is 45.3 Å². The van der Waals surface area contributed by atoms with Gasteiger partial charge in [0.1, 0.15) is 10.0 Å². The van der Waals surface area contributed by atoms with E-state index in [1.165, 1.54) is 10.4 Å². The van der Waals surface area contributed by atoms with Crippen molar-refractivity contribution in [2.45, 2.75) is 52.1 Å². The van der Waals surface area contributed by atoms with Gasteiger partial charge in [0, 0.05) is 42.4 Å². The summed E-state index contributed by atoms with van der Waals surface area (Å²) in [5.41, 5.74) is 3.14. The lowest BCUT2D eigenvalue weighted by Crippen LogP contribution is -2.35. The lowest BCUT2D eigenvalue weighted by molar-refractivity contribution is -0.116. The van der Waals surface area contributed by atoms with Crippen LogP contribution in [0.3, 0.4) is 0 Å². The summed E-state index contributed by atoms with van der Waals surface area (Å²) >= 11 is 3.16. The first-order valence-electron chi connectivity index (χ1n) is 10.1. The summed E-state index contributed by atoms with van der Waals surface area (Å²) in [5.74, 6) is -0.369. The van der Waals surface area contributed by atoms with Crippen molar-refractivity contribution in [1.82, 2.24) is 9.88 Å². The van der Waals surface area contributed by atoms with E-state index in [-0.39, 0.29) is 12.3 Å². The maximum atomic E-state index is 12.5. The Morgan fingerprint density at radius 3 is 2.65 bits per heavy atom. The molecule has 31 heavy (non-hydrogen) atoms. The molecule has 0 bridgehead atoms. The van der Waals surface area contributed by atoms with Crippen molar-refractivity contribution < 1.29 is 18.0 Å². The highest BCUT2D eigenvalue weighted by molar-refractivity contribution is 7.22. The lowest BCUT2D eigenvalue weighted by atomic mass is 10.0. The average molecular weight is 470 g/mol. The number of para-hydroxylation sites is 1. The summed E-state index contributed by atoms with van der Waals surface area (Å²) in [5, 5.41) is 4.52. The summed E-state index contributed by atoms with van der Waals surface area (Å²) in [6.07, 6.45) is -2.19. The summed E-state index contributed by atoms with van der Waals surface area (Å²) in [4.78, 5) is 20.7. The number of alkyl halides is 3. The molecule has 0 unspecified atom stereocenters. The summed E-state index contributed by atoms with van der Waals surface area (Å²) in [6, 6.07) is 8.41. The van der Waals surface area contributed by atoms with Gasteiger partial charge in [-0.1, -0.05) is 12.1 Å². The Kier molecular flexibility index (Phi) is 8.07. The molecule has 3 aromatic rings. The SMILES string of the molecule is CC(C)N1CCc2c(sc(NC(=O)CCC(F)F)c2-c2nc3ccccc3s2)C1.CF. The van der Waals surface area contributed by atoms with Crippen molar-refractivity contribution in [2.75, 3.05) is 19.0 Å². The number of amides is 1. The first kappa shape index (κ1) is 23.7. The molecule has 0 fully saturated rings. The van der Waals surface area contributed by atoms with Gasteiger partial charge in [-0.3, -0.25) is 14.1 Å². The zero-order valence-corrected chi connectivity index (χ0v) is 19.4. The van der Waals surface area contributed by atoms with Crippen LogP contribution in [0.1, 0.15) is 37.1 Å². The van der Waals surface area contributed by atoms with Gasteiger partial charge in [0.25, 0.3) is 0 Å². The number of hydrogen-bond donors (Lipinski definition) is 1. The predicted molar refractivity (Wildman–Crippen MR) is 123 cm³/mol. The molecule has 1 N–H and O–H groups in total. The molecular weight excluding hydrogens is 443 g/mol. The maximum absolute atomic E-state index is 12.5. The first-order chi connectivity index (χ1) is 14.9. The van der Waals surface area contributed by atoms with Crippen molar-refractivity contribution in [2.24, 2.45) is 0 Å². The third-order valence-corrected chi connectivity index (χ3v) is 7.35. The van der Waals surface area contributed by atoms with Crippen LogP contribution in [0.2, 0.25) is 0 Å². The fourth-order valence-corrected chi connectivity index (χ4v) is 5.99. The highest BCUT2D eigenvalue weighted by Crippen LogP contribution is 2.45. The molecule has 2 aromatic heterocycles. The maximum Gasteiger partial charge on any atom is 0.239 e. The van der Waals surface area contributed by atoms with Crippen LogP contribution in [0.5, 0.6) is 0 Å². The van der Waals surface area contributed by atoms with Gasteiger partial charge in [-0.05, 0) is 38.0 Å². The third kappa shape index (κ3) is 5.45. The number of carbonyl (C=O) groups is 1. The molecule has 1 aliphatic rings. The van der Waals surface area contributed by atoms with Crippen LogP contribution >= 0.6 is 22.7 Å². The number of nitrogens with zero attached hydrogens (tertiary/aromatic N) is 2. The van der Waals surface area contributed by atoms with E-state index in [0.29, 0.717) is 13.2 Å². The molecule has 0 radical (unpaired) electrons. The highest BCUT2D eigenvalue weighted by atomic mass is 32.1. The summed E-state index contributed by atoms with van der Waals surface area (Å²) in [6.45, 7) is 6.15. The van der Waals surface area contributed by atoms with Gasteiger partial charge in [0.05, 0.1) is 17.4 Å². The number of benzene rings is 1. The smallest absolute Gasteiger partial charge is 0.239 e. The number of aromatic nitrogens is 1. The van der Waals surface area contributed by atoms with Crippen LogP contribution in [0.4, 0.5) is 18.2 Å². The molecule has 168 valence electrons. The summed E-state index contributed by atoms with van der Waals surface area (Å²) < 4.78 is 35.6. The van der Waals surface area contributed by atoms with Gasteiger partial charge in [-0.25, -0.2) is 13.8 Å². The number of thiophene rings is 1. The van der Waals surface area contributed by atoms with Crippen molar-refractivity contribution in [3.05, 3.63) is 34.7 Å². The molecule has 1 aromatic carbocycles. The topological polar surface area (TPSA) is 45.2 Å². The number of carbonyl (C=O) groups excluding carboxylic acids is 1. The Labute approximate surface area is 188 Å². The van der Waals surface area contributed by atoms with Gasteiger partial charge in [0.15, 0.2) is 0 Å². The second kappa shape index (κ2) is 10.6. The van der Waals surface area contributed by atoms with E-state index < -0.39 is 12.8 Å². The van der Waals surface area contributed by atoms with Gasteiger partial charge < -0.3 is 5.32 Å². The average Bonchev–Trinajstić information content (AvgIpc) is 3.33. The zero-order valence-electron chi connectivity index (χ0n) is 17.8. The van der Waals surface area contributed by atoms with Crippen molar-refractivity contribution in [3.63, 3.8) is 0 Å². The quantitative estimate of drug-likeness (QED) is 0.457. The fourth-order valence-electron chi connectivity index (χ4n) is 3.59. The number of fused-ring (bicyclic) bond motifs is 2. The fraction of sp³-hybridized carbons (Fsp3) is 0.455. The number of rotatable bonds is 6. The minimum absolute atomic E-state index is 0.183. The second-order valence-electron chi connectivity index (χ2n) is 7.49. The summed E-state index contributed by atoms with van der Waals surface area (Å²) in [7, 11) is 0.500. The monoisotopic (exact) mass is 469 g/mol. The van der Waals surface area contributed by atoms with Crippen LogP contribution in [-0.2, 0) is 17.8 Å². The van der Waals surface area contributed by atoms with Gasteiger partial charge in [-0.2, -0.15) is 0 Å². The standard InChI is InChI=1S/C21H23F2N3OS2.CH3F/c1-12(2)26-10-9-13-16(11-26)29-21(25-18(27)8-7-17(22)23)19(13)20-24-14-5-3-4-6-15(14)28-20;1-2/h3-6,12,17H,7-11H2,1-2H3,(H,25,27);1H3. The zero-order chi connectivity index (χ0) is 22.5. The van der Waals surface area contributed by atoms with E-state index in [2.05, 4.69) is 24.1 Å². The Bertz CT molecular complexity index is 999. The van der Waals surface area contributed by atoms with Crippen molar-refractivity contribution >= 4 is 43.8 Å². The molecule has 4 nitrogen and oxygen atoms in total. The minimum Gasteiger partial charge on any atom is -0.317 e. The van der Waals surface area contributed by atoms with E-state index in [4.69, 9.17) is 4.98 Å². The molecule has 0 atom stereocenters. The third-order valence-electron chi connectivity index (χ3n) is 5.17. The molecule has 0 saturated heterocycles. The Morgan fingerprint density at radius 2 is 1.97 bits per heavy atom. The van der Waals surface area contributed by atoms with Crippen LogP contribution < -0.4 is 5.32 Å². The Balaban J connectivity index is 0.00000132. The Morgan fingerprint density at radius 1 is 1.23 bits per heavy atom.